The largest absolute Gasteiger partial charge is 0.354 e. The third kappa shape index (κ3) is 3.63. The highest BCUT2D eigenvalue weighted by atomic mass is 16.2. The number of nitrogens with zero attached hydrogens (tertiary/aromatic N) is 7. The van der Waals surface area contributed by atoms with Crippen LogP contribution in [-0.2, 0) is 4.79 Å². The van der Waals surface area contributed by atoms with Gasteiger partial charge in [0.25, 0.3) is 0 Å². The number of rotatable bonds is 4. The molecule has 2 fully saturated rings. The Labute approximate surface area is 147 Å². The Kier molecular flexibility index (Phi) is 4.60. The van der Waals surface area contributed by atoms with Gasteiger partial charge in [-0.25, -0.2) is 14.6 Å². The summed E-state index contributed by atoms with van der Waals surface area (Å²) < 4.78 is 1.73. The molecule has 4 heterocycles. The van der Waals surface area contributed by atoms with Crippen molar-refractivity contribution in [3.8, 4) is 5.82 Å². The van der Waals surface area contributed by atoms with E-state index in [4.69, 9.17) is 0 Å². The van der Waals surface area contributed by atoms with Crippen LogP contribution < -0.4 is 4.90 Å². The van der Waals surface area contributed by atoms with Crippen molar-refractivity contribution >= 4 is 11.7 Å². The number of hydrogen-bond donors (Lipinski definition) is 0. The Balaban J connectivity index is 1.34. The lowest BCUT2D eigenvalue weighted by molar-refractivity contribution is -0.131. The van der Waals surface area contributed by atoms with Gasteiger partial charge in [-0.1, -0.05) is 0 Å². The molecule has 2 aliphatic rings. The molecule has 2 saturated heterocycles. The van der Waals surface area contributed by atoms with Gasteiger partial charge >= 0.3 is 0 Å². The molecule has 8 heteroatoms. The van der Waals surface area contributed by atoms with Crippen LogP contribution in [0.1, 0.15) is 12.8 Å². The molecule has 0 radical (unpaired) electrons. The molecule has 132 valence electrons. The number of piperazine rings is 1. The SMILES string of the molecule is O=C(CN1CCN(c2cc(-n3cccn3)ncn2)CC1)N1CCCC1. The lowest BCUT2D eigenvalue weighted by Gasteiger charge is -2.35. The van der Waals surface area contributed by atoms with E-state index in [2.05, 4.69) is 24.9 Å². The number of hydrogen-bond acceptors (Lipinski definition) is 6. The summed E-state index contributed by atoms with van der Waals surface area (Å²) in [6, 6.07) is 3.83. The molecule has 25 heavy (non-hydrogen) atoms. The molecule has 0 unspecified atom stereocenters. The van der Waals surface area contributed by atoms with E-state index >= 15 is 0 Å². The molecule has 0 aromatic carbocycles. The average Bonchev–Trinajstić information content (AvgIpc) is 3.36. The maximum absolute atomic E-state index is 12.3. The van der Waals surface area contributed by atoms with Gasteiger partial charge in [0.15, 0.2) is 5.82 Å². The molecule has 4 rings (SSSR count). The first-order chi connectivity index (χ1) is 12.3. The predicted octanol–water partition coefficient (Wildman–Crippen LogP) is 0.407. The van der Waals surface area contributed by atoms with E-state index in [1.54, 1.807) is 17.2 Å². The van der Waals surface area contributed by atoms with Crippen LogP contribution in [-0.4, -0.2) is 81.3 Å². The van der Waals surface area contributed by atoms with Gasteiger partial charge in [0, 0.05) is 57.7 Å². The van der Waals surface area contributed by atoms with Gasteiger partial charge in [0.2, 0.25) is 5.91 Å². The average molecular weight is 341 g/mol. The Morgan fingerprint density at radius 2 is 1.76 bits per heavy atom. The van der Waals surface area contributed by atoms with Crippen LogP contribution in [0.5, 0.6) is 0 Å². The highest BCUT2D eigenvalue weighted by Gasteiger charge is 2.24. The highest BCUT2D eigenvalue weighted by Crippen LogP contribution is 2.16. The Hall–Kier alpha value is -2.48. The topological polar surface area (TPSA) is 70.4 Å². The summed E-state index contributed by atoms with van der Waals surface area (Å²) in [5, 5.41) is 4.21. The van der Waals surface area contributed by atoms with Crippen LogP contribution in [0.4, 0.5) is 5.82 Å². The van der Waals surface area contributed by atoms with Gasteiger partial charge in [-0.05, 0) is 18.9 Å². The quantitative estimate of drug-likeness (QED) is 0.802. The lowest BCUT2D eigenvalue weighted by Crippen LogP contribution is -2.50. The molecule has 0 saturated carbocycles. The van der Waals surface area contributed by atoms with Gasteiger partial charge < -0.3 is 9.80 Å². The van der Waals surface area contributed by atoms with Crippen molar-refractivity contribution in [1.29, 1.82) is 0 Å². The van der Waals surface area contributed by atoms with Crippen LogP contribution in [0, 0.1) is 0 Å². The molecule has 0 aliphatic carbocycles. The standard InChI is InChI=1S/C17H23N7O/c25-17(23-5-1-2-6-23)13-21-8-10-22(11-9-21)15-12-16(19-14-18-15)24-7-3-4-20-24/h3-4,7,12,14H,1-2,5-6,8-11,13H2. The lowest BCUT2D eigenvalue weighted by atomic mass is 10.3. The summed E-state index contributed by atoms with van der Waals surface area (Å²) in [6.07, 6.45) is 7.47. The number of amides is 1. The first-order valence-corrected chi connectivity index (χ1v) is 8.87. The van der Waals surface area contributed by atoms with Crippen LogP contribution in [0.15, 0.2) is 30.9 Å². The molecule has 2 aliphatic heterocycles. The second-order valence-electron chi connectivity index (χ2n) is 6.54. The maximum Gasteiger partial charge on any atom is 0.236 e. The smallest absolute Gasteiger partial charge is 0.236 e. The second-order valence-corrected chi connectivity index (χ2v) is 6.54. The number of anilines is 1. The zero-order valence-corrected chi connectivity index (χ0v) is 14.3. The van der Waals surface area contributed by atoms with E-state index in [-0.39, 0.29) is 5.91 Å². The molecule has 1 amide bonds. The van der Waals surface area contributed by atoms with E-state index in [1.807, 2.05) is 23.2 Å². The van der Waals surface area contributed by atoms with E-state index in [9.17, 15) is 4.79 Å². The normalized spacial score (nSPS) is 18.7. The fourth-order valence-electron chi connectivity index (χ4n) is 3.43. The highest BCUT2D eigenvalue weighted by molar-refractivity contribution is 5.78. The molecule has 2 aromatic heterocycles. The van der Waals surface area contributed by atoms with Crippen LogP contribution >= 0.6 is 0 Å². The summed E-state index contributed by atoms with van der Waals surface area (Å²) in [6.45, 7) is 5.87. The van der Waals surface area contributed by atoms with Crippen molar-refractivity contribution in [2.75, 3.05) is 50.7 Å². The summed E-state index contributed by atoms with van der Waals surface area (Å²) in [5.74, 6) is 1.95. The zero-order valence-electron chi connectivity index (χ0n) is 14.3. The zero-order chi connectivity index (χ0) is 17.1. The van der Waals surface area contributed by atoms with Crippen LogP contribution in [0.25, 0.3) is 5.82 Å². The minimum Gasteiger partial charge on any atom is -0.354 e. The number of aromatic nitrogens is 4. The van der Waals surface area contributed by atoms with Gasteiger partial charge in [0.1, 0.15) is 12.1 Å². The van der Waals surface area contributed by atoms with E-state index in [1.165, 1.54) is 0 Å². The summed E-state index contributed by atoms with van der Waals surface area (Å²) >= 11 is 0. The maximum atomic E-state index is 12.3. The fourth-order valence-corrected chi connectivity index (χ4v) is 3.43. The van der Waals surface area contributed by atoms with E-state index in [0.717, 1.165) is 63.7 Å². The summed E-state index contributed by atoms with van der Waals surface area (Å²) in [4.78, 5) is 27.4. The van der Waals surface area contributed by atoms with E-state index in [0.29, 0.717) is 6.54 Å². The second kappa shape index (κ2) is 7.18. The van der Waals surface area contributed by atoms with Gasteiger partial charge in [-0.15, -0.1) is 0 Å². The number of carbonyl (C=O) groups excluding carboxylic acids is 1. The van der Waals surface area contributed by atoms with Gasteiger partial charge in [-0.2, -0.15) is 5.10 Å². The predicted molar refractivity (Wildman–Crippen MR) is 93.6 cm³/mol. The van der Waals surface area contributed by atoms with E-state index < -0.39 is 0 Å². The molecule has 8 nitrogen and oxygen atoms in total. The van der Waals surface area contributed by atoms with Crippen molar-refractivity contribution in [1.82, 2.24) is 29.5 Å². The fraction of sp³-hybridized carbons (Fsp3) is 0.529. The van der Waals surface area contributed by atoms with Crippen molar-refractivity contribution in [3.63, 3.8) is 0 Å². The first-order valence-electron chi connectivity index (χ1n) is 8.87. The van der Waals surface area contributed by atoms with Crippen molar-refractivity contribution in [2.45, 2.75) is 12.8 Å². The Morgan fingerprint density at radius 1 is 1.00 bits per heavy atom. The van der Waals surface area contributed by atoms with Gasteiger partial charge in [-0.3, -0.25) is 9.69 Å². The number of carbonyl (C=O) groups is 1. The molecule has 0 atom stereocenters. The first kappa shape index (κ1) is 16.0. The number of likely N-dealkylation sites (tertiary alicyclic amines) is 1. The third-order valence-corrected chi connectivity index (χ3v) is 4.89. The van der Waals surface area contributed by atoms with Crippen LogP contribution in [0.2, 0.25) is 0 Å². The van der Waals surface area contributed by atoms with Crippen molar-refractivity contribution in [3.05, 3.63) is 30.9 Å². The molecule has 0 spiro atoms. The molecule has 2 aromatic rings. The van der Waals surface area contributed by atoms with Gasteiger partial charge in [0.05, 0.1) is 6.54 Å². The Morgan fingerprint density at radius 3 is 2.48 bits per heavy atom. The Bertz CT molecular complexity index is 704. The monoisotopic (exact) mass is 341 g/mol. The molecule has 0 bridgehead atoms. The summed E-state index contributed by atoms with van der Waals surface area (Å²) in [5.41, 5.74) is 0. The minimum absolute atomic E-state index is 0.272. The van der Waals surface area contributed by atoms with Crippen LogP contribution in [0.3, 0.4) is 0 Å². The molecule has 0 N–H and O–H groups in total. The third-order valence-electron chi connectivity index (χ3n) is 4.89. The summed E-state index contributed by atoms with van der Waals surface area (Å²) in [7, 11) is 0. The van der Waals surface area contributed by atoms with Crippen molar-refractivity contribution in [2.24, 2.45) is 0 Å². The molecular formula is C17H23N7O. The minimum atomic E-state index is 0.272. The molecular weight excluding hydrogens is 318 g/mol. The van der Waals surface area contributed by atoms with Crippen molar-refractivity contribution < 1.29 is 4.79 Å².